The van der Waals surface area contributed by atoms with Gasteiger partial charge >= 0.3 is 0 Å². The molecule has 0 aliphatic rings. The molecule has 3 N–H and O–H groups in total. The molecule has 26 heavy (non-hydrogen) atoms. The second-order valence-corrected chi connectivity index (χ2v) is 7.17. The standard InChI is InChI=1S/C17H15FN4O3S/c1-11-3-2-4-14(9-11)20-16(23)15-10-19-21-17(15)26(24,25)22-13-7-5-12(18)6-8-13/h2-10,22H,1H3,(H,19,21)(H,20,23). The van der Waals surface area contributed by atoms with Gasteiger partial charge in [0.25, 0.3) is 15.9 Å². The quantitative estimate of drug-likeness (QED) is 0.639. The molecule has 0 radical (unpaired) electrons. The Hall–Kier alpha value is -3.20. The van der Waals surface area contributed by atoms with Crippen molar-refractivity contribution in [2.75, 3.05) is 10.0 Å². The molecular weight excluding hydrogens is 359 g/mol. The summed E-state index contributed by atoms with van der Waals surface area (Å²) in [6.45, 7) is 1.87. The predicted molar refractivity (Wildman–Crippen MR) is 94.9 cm³/mol. The maximum atomic E-state index is 13.0. The van der Waals surface area contributed by atoms with E-state index in [9.17, 15) is 17.6 Å². The van der Waals surface area contributed by atoms with Crippen molar-refractivity contribution in [1.29, 1.82) is 0 Å². The first kappa shape index (κ1) is 17.6. The van der Waals surface area contributed by atoms with Crippen molar-refractivity contribution < 1.29 is 17.6 Å². The summed E-state index contributed by atoms with van der Waals surface area (Å²) in [4.78, 5) is 12.4. The Kier molecular flexibility index (Phi) is 4.72. The third-order valence-corrected chi connectivity index (χ3v) is 4.84. The van der Waals surface area contributed by atoms with Crippen LogP contribution in [0.3, 0.4) is 0 Å². The number of aromatic amines is 1. The Balaban J connectivity index is 1.84. The van der Waals surface area contributed by atoms with Gasteiger partial charge in [0, 0.05) is 11.4 Å². The molecule has 0 unspecified atom stereocenters. The van der Waals surface area contributed by atoms with Crippen LogP contribution >= 0.6 is 0 Å². The van der Waals surface area contributed by atoms with Gasteiger partial charge in [0.1, 0.15) is 5.82 Å². The van der Waals surface area contributed by atoms with Crippen LogP contribution in [0, 0.1) is 12.7 Å². The zero-order valence-electron chi connectivity index (χ0n) is 13.7. The number of anilines is 2. The molecule has 0 bridgehead atoms. The average molecular weight is 374 g/mol. The molecule has 0 fully saturated rings. The fourth-order valence-electron chi connectivity index (χ4n) is 2.29. The number of aryl methyl sites for hydroxylation is 1. The summed E-state index contributed by atoms with van der Waals surface area (Å²) in [6.07, 6.45) is 1.13. The highest BCUT2D eigenvalue weighted by molar-refractivity contribution is 7.92. The lowest BCUT2D eigenvalue weighted by molar-refractivity contribution is 0.102. The summed E-state index contributed by atoms with van der Waals surface area (Å²) < 4.78 is 40.3. The largest absolute Gasteiger partial charge is 0.322 e. The average Bonchev–Trinajstić information content (AvgIpc) is 3.08. The monoisotopic (exact) mass is 374 g/mol. The maximum absolute atomic E-state index is 13.0. The number of carbonyl (C=O) groups excluding carboxylic acids is 1. The van der Waals surface area contributed by atoms with Gasteiger partial charge in [-0.05, 0) is 48.9 Å². The van der Waals surface area contributed by atoms with E-state index in [1.54, 1.807) is 18.2 Å². The molecule has 0 aliphatic heterocycles. The summed E-state index contributed by atoms with van der Waals surface area (Å²) in [5.74, 6) is -1.11. The zero-order valence-corrected chi connectivity index (χ0v) is 14.5. The molecule has 0 saturated carbocycles. The summed E-state index contributed by atoms with van der Waals surface area (Å²) >= 11 is 0. The van der Waals surface area contributed by atoms with Crippen LogP contribution in [0.25, 0.3) is 0 Å². The number of hydrogen-bond acceptors (Lipinski definition) is 4. The number of nitrogens with one attached hydrogen (secondary N) is 3. The number of hydrogen-bond donors (Lipinski definition) is 3. The van der Waals surface area contributed by atoms with E-state index < -0.39 is 21.7 Å². The summed E-state index contributed by atoms with van der Waals surface area (Å²) in [7, 11) is -4.11. The normalized spacial score (nSPS) is 11.2. The van der Waals surface area contributed by atoms with E-state index in [0.29, 0.717) is 5.69 Å². The minimum absolute atomic E-state index is 0.138. The highest BCUT2D eigenvalue weighted by Gasteiger charge is 2.25. The van der Waals surface area contributed by atoms with E-state index in [-0.39, 0.29) is 16.3 Å². The van der Waals surface area contributed by atoms with Gasteiger partial charge in [-0.15, -0.1) is 0 Å². The van der Waals surface area contributed by atoms with E-state index in [4.69, 9.17) is 0 Å². The number of amides is 1. The molecule has 0 atom stereocenters. The van der Waals surface area contributed by atoms with Gasteiger partial charge in [-0.2, -0.15) is 13.5 Å². The molecule has 7 nitrogen and oxygen atoms in total. The van der Waals surface area contributed by atoms with Crippen LogP contribution in [-0.2, 0) is 10.0 Å². The molecule has 9 heteroatoms. The molecule has 134 valence electrons. The highest BCUT2D eigenvalue weighted by Crippen LogP contribution is 2.19. The van der Waals surface area contributed by atoms with Gasteiger partial charge in [-0.3, -0.25) is 14.6 Å². The van der Waals surface area contributed by atoms with Crippen molar-refractivity contribution in [1.82, 2.24) is 10.2 Å². The van der Waals surface area contributed by atoms with Crippen molar-refractivity contribution in [3.8, 4) is 0 Å². The van der Waals surface area contributed by atoms with E-state index in [0.717, 1.165) is 23.9 Å². The second kappa shape index (κ2) is 6.96. The molecular formula is C17H15FN4O3S. The summed E-state index contributed by atoms with van der Waals surface area (Å²) in [5.41, 5.74) is 1.50. The minimum atomic E-state index is -4.11. The van der Waals surface area contributed by atoms with E-state index in [2.05, 4.69) is 20.2 Å². The topological polar surface area (TPSA) is 104 Å². The molecule has 1 amide bonds. The molecule has 0 saturated heterocycles. The number of H-pyrrole nitrogens is 1. The Morgan fingerprint density at radius 3 is 2.54 bits per heavy atom. The number of aromatic nitrogens is 2. The van der Waals surface area contributed by atoms with Crippen LogP contribution < -0.4 is 10.0 Å². The fourth-order valence-corrected chi connectivity index (χ4v) is 3.44. The SMILES string of the molecule is Cc1cccc(NC(=O)c2cn[nH]c2S(=O)(=O)Nc2ccc(F)cc2)c1. The predicted octanol–water partition coefficient (Wildman–Crippen LogP) is 2.91. The summed E-state index contributed by atoms with van der Waals surface area (Å²) in [5, 5.41) is 8.23. The molecule has 1 heterocycles. The van der Waals surface area contributed by atoms with Gasteiger partial charge in [-0.25, -0.2) is 4.39 Å². The third kappa shape index (κ3) is 3.89. The van der Waals surface area contributed by atoms with Gasteiger partial charge in [0.15, 0.2) is 5.03 Å². The first-order chi connectivity index (χ1) is 12.3. The first-order valence-electron chi connectivity index (χ1n) is 7.55. The number of carbonyl (C=O) groups is 1. The van der Waals surface area contributed by atoms with Gasteiger partial charge < -0.3 is 5.32 Å². The van der Waals surface area contributed by atoms with Crippen molar-refractivity contribution in [2.45, 2.75) is 11.9 Å². The van der Waals surface area contributed by atoms with Crippen molar-refractivity contribution in [3.05, 3.63) is 71.7 Å². The molecule has 0 spiro atoms. The lowest BCUT2D eigenvalue weighted by Gasteiger charge is -2.09. The number of rotatable bonds is 5. The third-order valence-electron chi connectivity index (χ3n) is 3.49. The lowest BCUT2D eigenvalue weighted by atomic mass is 10.2. The number of benzene rings is 2. The van der Waals surface area contributed by atoms with Crippen molar-refractivity contribution >= 4 is 27.3 Å². The molecule has 2 aromatic carbocycles. The van der Waals surface area contributed by atoms with Crippen molar-refractivity contribution in [2.24, 2.45) is 0 Å². The van der Waals surface area contributed by atoms with Crippen LogP contribution in [-0.4, -0.2) is 24.5 Å². The van der Waals surface area contributed by atoms with Crippen LogP contribution in [0.1, 0.15) is 15.9 Å². The Labute approximate surface area is 149 Å². The summed E-state index contributed by atoms with van der Waals surface area (Å²) in [6, 6.07) is 11.9. The zero-order chi connectivity index (χ0) is 18.7. The Morgan fingerprint density at radius 2 is 1.85 bits per heavy atom. The molecule has 3 aromatic rings. The van der Waals surface area contributed by atoms with E-state index in [1.807, 2.05) is 13.0 Å². The van der Waals surface area contributed by atoms with Crippen molar-refractivity contribution in [3.63, 3.8) is 0 Å². The second-order valence-electron chi connectivity index (χ2n) is 5.55. The first-order valence-corrected chi connectivity index (χ1v) is 9.03. The van der Waals surface area contributed by atoms with E-state index >= 15 is 0 Å². The highest BCUT2D eigenvalue weighted by atomic mass is 32.2. The van der Waals surface area contributed by atoms with Crippen LogP contribution in [0.2, 0.25) is 0 Å². The molecule has 0 aliphatic carbocycles. The fraction of sp³-hybridized carbons (Fsp3) is 0.0588. The maximum Gasteiger partial charge on any atom is 0.279 e. The van der Waals surface area contributed by atoms with Gasteiger partial charge in [-0.1, -0.05) is 12.1 Å². The van der Waals surface area contributed by atoms with Crippen LogP contribution in [0.5, 0.6) is 0 Å². The van der Waals surface area contributed by atoms with Crippen LogP contribution in [0.4, 0.5) is 15.8 Å². The smallest absolute Gasteiger partial charge is 0.279 e. The van der Waals surface area contributed by atoms with Gasteiger partial charge in [0.2, 0.25) is 0 Å². The van der Waals surface area contributed by atoms with E-state index in [1.165, 1.54) is 12.1 Å². The molecule has 3 rings (SSSR count). The molecule has 1 aromatic heterocycles. The number of sulfonamides is 1. The van der Waals surface area contributed by atoms with Gasteiger partial charge in [0.05, 0.1) is 11.8 Å². The Morgan fingerprint density at radius 1 is 1.12 bits per heavy atom. The van der Waals surface area contributed by atoms with Crippen LogP contribution in [0.15, 0.2) is 59.8 Å². The minimum Gasteiger partial charge on any atom is -0.322 e. The number of nitrogens with zero attached hydrogens (tertiary/aromatic N) is 1. The lowest BCUT2D eigenvalue weighted by Crippen LogP contribution is -2.19. The Bertz CT molecular complexity index is 1050. The number of halogens is 1.